The quantitative estimate of drug-likeness (QED) is 0.295. The summed E-state index contributed by atoms with van der Waals surface area (Å²) < 4.78 is 5.02. The van der Waals surface area contributed by atoms with E-state index in [4.69, 9.17) is 15.3 Å². The summed E-state index contributed by atoms with van der Waals surface area (Å²) in [5.74, 6) is -2.03. The van der Waals surface area contributed by atoms with Crippen LogP contribution < -0.4 is 11.1 Å². The smallest absolute Gasteiger partial charge is 0.352 e. The van der Waals surface area contributed by atoms with Gasteiger partial charge < -0.3 is 25.7 Å². The van der Waals surface area contributed by atoms with Gasteiger partial charge in [0.05, 0.1) is 6.61 Å². The molecule has 3 heterocycles. The first-order valence-corrected chi connectivity index (χ1v) is 9.84. The molecule has 0 aliphatic carbocycles. The maximum atomic E-state index is 12.6. The normalized spacial score (nSPS) is 21.9. The zero-order valence-electron chi connectivity index (χ0n) is 14.9. The summed E-state index contributed by atoms with van der Waals surface area (Å²) in [5.41, 5.74) is 6.09. The summed E-state index contributed by atoms with van der Waals surface area (Å²) in [5, 5.41) is 17.0. The number of methoxy groups -OCH3 is 1. The molecule has 0 aromatic carbocycles. The second-order valence-electron chi connectivity index (χ2n) is 5.74. The number of nitrogens with one attached hydrogen (secondary N) is 1. The molecule has 0 saturated carbocycles. The predicted molar refractivity (Wildman–Crippen MR) is 102 cm³/mol. The van der Waals surface area contributed by atoms with Crippen LogP contribution in [0.15, 0.2) is 21.8 Å². The van der Waals surface area contributed by atoms with Gasteiger partial charge in [-0.25, -0.2) is 9.78 Å². The lowest BCUT2D eigenvalue weighted by atomic mass is 10.0. The number of rotatable bonds is 7. The second kappa shape index (κ2) is 8.16. The van der Waals surface area contributed by atoms with Crippen molar-refractivity contribution in [3.63, 3.8) is 0 Å². The summed E-state index contributed by atoms with van der Waals surface area (Å²) in [6.07, 6.45) is 0. The molecule has 4 N–H and O–H groups in total. The molecule has 3 rings (SSSR count). The Morgan fingerprint density at radius 1 is 1.50 bits per heavy atom. The molecule has 11 nitrogen and oxygen atoms in total. The fourth-order valence-corrected chi connectivity index (χ4v) is 4.75. The Balaban J connectivity index is 1.78. The van der Waals surface area contributed by atoms with E-state index in [0.717, 1.165) is 11.3 Å². The fourth-order valence-electron chi connectivity index (χ4n) is 2.87. The van der Waals surface area contributed by atoms with Gasteiger partial charge in [-0.05, 0) is 5.57 Å². The van der Waals surface area contributed by atoms with Crippen LogP contribution in [-0.4, -0.2) is 76.5 Å². The molecule has 1 aromatic heterocycles. The van der Waals surface area contributed by atoms with E-state index in [-0.39, 0.29) is 28.8 Å². The molecule has 1 fully saturated rings. The Hall–Kier alpha value is -2.64. The first-order chi connectivity index (χ1) is 13.4. The number of nitrogen functional groups attached to an aromatic ring is 1. The van der Waals surface area contributed by atoms with Crippen LogP contribution in [0.3, 0.4) is 0 Å². The Labute approximate surface area is 167 Å². The summed E-state index contributed by atoms with van der Waals surface area (Å²) in [6, 6.07) is -0.894. The highest BCUT2D eigenvalue weighted by atomic mass is 32.2. The van der Waals surface area contributed by atoms with Crippen molar-refractivity contribution in [1.82, 2.24) is 15.2 Å². The molecule has 1 aromatic rings. The molecule has 0 radical (unpaired) electrons. The van der Waals surface area contributed by atoms with Gasteiger partial charge in [-0.15, -0.1) is 23.1 Å². The largest absolute Gasteiger partial charge is 0.477 e. The van der Waals surface area contributed by atoms with Crippen LogP contribution in [0.2, 0.25) is 0 Å². The Morgan fingerprint density at radius 2 is 2.25 bits per heavy atom. The van der Waals surface area contributed by atoms with Gasteiger partial charge in [-0.2, -0.15) is 0 Å². The van der Waals surface area contributed by atoms with E-state index in [9.17, 15) is 19.5 Å². The number of carbonyl (C=O) groups excluding carboxylic acids is 2. The number of aliphatic carboxylic acids is 1. The number of nitrogens with zero attached hydrogens (tertiary/aromatic N) is 3. The molecule has 150 valence electrons. The van der Waals surface area contributed by atoms with Crippen LogP contribution in [-0.2, 0) is 24.0 Å². The first-order valence-electron chi connectivity index (χ1n) is 7.91. The standard InChI is InChI=1S/C15H17N5O6S2/c1-25-3-6-4-27-13-9(12(22)20(13)10(6)14(23)24)18-11(21)8(19-26-2)7-5-28-15(16)17-7/h5,9,13H,3-4H2,1-2H3,(H2,16,17)(H,18,21)(H,23,24)/t9?,13-/m0/s1. The van der Waals surface area contributed by atoms with E-state index >= 15 is 0 Å². The molecule has 0 spiro atoms. The SMILES string of the molecule is COCC1=C(C(=O)O)N2C(=O)C(NC(=O)C(=NOC)c3csc(N)n3)[C@@H]2SC1. The van der Waals surface area contributed by atoms with Gasteiger partial charge in [-0.1, -0.05) is 5.16 Å². The van der Waals surface area contributed by atoms with Crippen molar-refractivity contribution in [3.8, 4) is 0 Å². The Bertz CT molecular complexity index is 882. The maximum Gasteiger partial charge on any atom is 0.352 e. The molecular weight excluding hydrogens is 410 g/mol. The molecule has 13 heteroatoms. The lowest BCUT2D eigenvalue weighted by Gasteiger charge is -2.49. The number of nitrogens with two attached hydrogens (primary N) is 1. The van der Waals surface area contributed by atoms with Crippen molar-refractivity contribution in [1.29, 1.82) is 0 Å². The number of carboxylic acids is 1. The van der Waals surface area contributed by atoms with Crippen molar-refractivity contribution in [3.05, 3.63) is 22.3 Å². The number of fused-ring (bicyclic) bond motifs is 1. The molecule has 2 aliphatic heterocycles. The van der Waals surface area contributed by atoms with E-state index in [1.54, 1.807) is 5.38 Å². The number of hydrogen-bond acceptors (Lipinski definition) is 10. The van der Waals surface area contributed by atoms with Crippen molar-refractivity contribution < 1.29 is 29.1 Å². The second-order valence-corrected chi connectivity index (χ2v) is 7.74. The van der Waals surface area contributed by atoms with Crippen LogP contribution in [0.25, 0.3) is 0 Å². The minimum absolute atomic E-state index is 0.0980. The highest BCUT2D eigenvalue weighted by Crippen LogP contribution is 2.40. The van der Waals surface area contributed by atoms with Crippen LogP contribution in [0.5, 0.6) is 0 Å². The lowest BCUT2D eigenvalue weighted by molar-refractivity contribution is -0.150. The number of aromatic nitrogens is 1. The highest BCUT2D eigenvalue weighted by Gasteiger charge is 2.54. The summed E-state index contributed by atoms with van der Waals surface area (Å²) in [7, 11) is 2.73. The molecule has 2 atom stereocenters. The maximum absolute atomic E-state index is 12.6. The lowest BCUT2D eigenvalue weighted by Crippen LogP contribution is -2.71. The first kappa shape index (κ1) is 20.1. The van der Waals surface area contributed by atoms with Crippen molar-refractivity contribution in [2.24, 2.45) is 5.16 Å². The summed E-state index contributed by atoms with van der Waals surface area (Å²) in [4.78, 5) is 46.7. The average molecular weight is 427 g/mol. The third-order valence-corrected chi connectivity index (χ3v) is 6.03. The van der Waals surface area contributed by atoms with Crippen molar-refractivity contribution in [2.75, 3.05) is 32.3 Å². The van der Waals surface area contributed by atoms with Crippen LogP contribution in [0.4, 0.5) is 5.13 Å². The Kier molecular flexibility index (Phi) is 5.86. The van der Waals surface area contributed by atoms with Crippen LogP contribution in [0.1, 0.15) is 5.69 Å². The zero-order chi connectivity index (χ0) is 20.4. The predicted octanol–water partition coefficient (Wildman–Crippen LogP) is -0.539. The van der Waals surface area contributed by atoms with Gasteiger partial charge in [0.2, 0.25) is 0 Å². The average Bonchev–Trinajstić information content (AvgIpc) is 3.09. The molecule has 0 bridgehead atoms. The topological polar surface area (TPSA) is 156 Å². The molecule has 2 aliphatic rings. The van der Waals surface area contributed by atoms with Crippen LogP contribution in [0, 0.1) is 0 Å². The van der Waals surface area contributed by atoms with Gasteiger partial charge >= 0.3 is 5.97 Å². The highest BCUT2D eigenvalue weighted by molar-refractivity contribution is 8.00. The summed E-state index contributed by atoms with van der Waals surface area (Å²) >= 11 is 2.47. The van der Waals surface area contributed by atoms with E-state index in [1.165, 1.54) is 30.9 Å². The zero-order valence-corrected chi connectivity index (χ0v) is 16.5. The number of oxime groups is 1. The number of anilines is 1. The van der Waals surface area contributed by atoms with E-state index in [0.29, 0.717) is 11.3 Å². The van der Waals surface area contributed by atoms with Gasteiger partial charge in [0, 0.05) is 18.2 Å². The molecule has 1 saturated heterocycles. The number of carbonyl (C=O) groups is 3. The number of carboxylic acid groups (broad SMARTS) is 1. The van der Waals surface area contributed by atoms with Gasteiger partial charge in [-0.3, -0.25) is 14.5 Å². The number of amides is 2. The van der Waals surface area contributed by atoms with Gasteiger partial charge in [0.25, 0.3) is 11.8 Å². The minimum Gasteiger partial charge on any atom is -0.477 e. The number of thioether (sulfide) groups is 1. The molecule has 28 heavy (non-hydrogen) atoms. The number of ether oxygens (including phenoxy) is 1. The number of β-lactam (4-membered cyclic amide) rings is 1. The summed E-state index contributed by atoms with van der Waals surface area (Å²) in [6.45, 7) is 0.109. The van der Waals surface area contributed by atoms with Gasteiger partial charge in [0.15, 0.2) is 10.8 Å². The minimum atomic E-state index is -1.21. The van der Waals surface area contributed by atoms with Crippen LogP contribution >= 0.6 is 23.1 Å². The fraction of sp³-hybridized carbons (Fsp3) is 0.400. The molecular formula is C15H17N5O6S2. The van der Waals surface area contributed by atoms with E-state index < -0.39 is 29.2 Å². The Morgan fingerprint density at radius 3 is 2.82 bits per heavy atom. The number of thiazole rings is 1. The monoisotopic (exact) mass is 427 g/mol. The van der Waals surface area contributed by atoms with E-state index in [1.807, 2.05) is 0 Å². The van der Waals surface area contributed by atoms with Crippen molar-refractivity contribution in [2.45, 2.75) is 11.4 Å². The van der Waals surface area contributed by atoms with Gasteiger partial charge in [0.1, 0.15) is 29.9 Å². The molecule has 1 unspecified atom stereocenters. The third-order valence-electron chi connectivity index (χ3n) is 4.02. The van der Waals surface area contributed by atoms with E-state index in [2.05, 4.69) is 15.5 Å². The third kappa shape index (κ3) is 3.55. The molecule has 2 amide bonds. The van der Waals surface area contributed by atoms with Crippen molar-refractivity contribution >= 4 is 51.7 Å². The number of hydrogen-bond donors (Lipinski definition) is 3.